The molecular formula is C39H33N3OS. The van der Waals surface area contributed by atoms with Crippen LogP contribution in [0.3, 0.4) is 0 Å². The number of ether oxygens (including phenoxy) is 1. The van der Waals surface area contributed by atoms with Crippen molar-refractivity contribution in [3.05, 3.63) is 160 Å². The number of hydrogen-bond donors (Lipinski definition) is 1. The summed E-state index contributed by atoms with van der Waals surface area (Å²) < 4.78 is 10.8. The van der Waals surface area contributed by atoms with E-state index < -0.39 is 0 Å². The van der Waals surface area contributed by atoms with Gasteiger partial charge < -0.3 is 14.6 Å². The summed E-state index contributed by atoms with van der Waals surface area (Å²) in [6.45, 7) is 10.4. The second kappa shape index (κ2) is 11.5. The summed E-state index contributed by atoms with van der Waals surface area (Å²) in [6, 6.07) is 15.5. The quantitative estimate of drug-likeness (QED) is 0.272. The summed E-state index contributed by atoms with van der Waals surface area (Å²) >= 11 is 1.82. The summed E-state index contributed by atoms with van der Waals surface area (Å²) in [6.07, 6.45) is 26.4. The molecule has 4 heterocycles. The molecule has 2 atom stereocenters. The molecule has 1 aliphatic carbocycles. The van der Waals surface area contributed by atoms with Crippen LogP contribution >= 0.6 is 11.3 Å². The highest BCUT2D eigenvalue weighted by Gasteiger charge is 2.24. The molecule has 2 unspecified atom stereocenters. The Labute approximate surface area is 261 Å². The number of benzene rings is 2. The predicted octanol–water partition coefficient (Wildman–Crippen LogP) is 7.29. The van der Waals surface area contributed by atoms with E-state index in [2.05, 4.69) is 116 Å². The van der Waals surface area contributed by atoms with Crippen molar-refractivity contribution in [2.45, 2.75) is 19.0 Å². The Morgan fingerprint density at radius 2 is 1.75 bits per heavy atom. The minimum Gasteiger partial charge on any atom is -0.464 e. The van der Waals surface area contributed by atoms with Gasteiger partial charge in [0.2, 0.25) is 0 Å². The standard InChI is InChI=1S/C39H33N3OS/c1-25-12-9-10-21-43-36(17-11-13-26(25)2)28-19-20-35-31(22-28)30(27(3)42(35)4)23-38-32(29-14-5-8-18-37(29)44-38)24-39-40-33-15-6-7-16-34(33)41-39/h5-24,33-34H,1-2H2,3-4H3,(H,40,41)/b12-9-,13-11-,21-10-,32-24?,36-17-,38-23+. The van der Waals surface area contributed by atoms with Crippen molar-refractivity contribution in [2.75, 3.05) is 0 Å². The summed E-state index contributed by atoms with van der Waals surface area (Å²) in [5, 5.41) is 7.20. The fraction of sp³-hybridized carbons (Fsp3) is 0.103. The summed E-state index contributed by atoms with van der Waals surface area (Å²) in [5.41, 5.74) is 6.29. The number of aromatic nitrogens is 1. The van der Waals surface area contributed by atoms with E-state index in [0.29, 0.717) is 0 Å². The van der Waals surface area contributed by atoms with E-state index >= 15 is 0 Å². The number of thiophene rings is 1. The molecule has 0 bridgehead atoms. The molecule has 2 aromatic carbocycles. The third-order valence-electron chi connectivity index (χ3n) is 8.39. The molecule has 0 spiro atoms. The molecule has 4 aromatic rings. The van der Waals surface area contributed by atoms with Crippen molar-refractivity contribution >= 4 is 56.1 Å². The van der Waals surface area contributed by atoms with Crippen molar-refractivity contribution in [3.63, 3.8) is 0 Å². The van der Waals surface area contributed by atoms with Crippen molar-refractivity contribution in [3.8, 4) is 0 Å². The van der Waals surface area contributed by atoms with Crippen LogP contribution in [0.4, 0.5) is 0 Å². The van der Waals surface area contributed by atoms with Crippen LogP contribution in [0, 0.1) is 6.92 Å². The first kappa shape index (κ1) is 27.7. The third-order valence-corrected chi connectivity index (χ3v) is 9.53. The van der Waals surface area contributed by atoms with Gasteiger partial charge in [-0.2, -0.15) is 0 Å². The fourth-order valence-electron chi connectivity index (χ4n) is 5.84. The SMILES string of the molecule is C=C1/C=C\C=C/O/C(c2ccc3c(c2)c(/C=c2/sc4ccccc4c2=CC2=NC4C=CC=CC4N2)c(C)n3C)=C\C=C/C1=C. The number of nitrogens with one attached hydrogen (secondary N) is 1. The second-order valence-electron chi connectivity index (χ2n) is 11.1. The summed E-state index contributed by atoms with van der Waals surface area (Å²) in [7, 11) is 2.13. The molecule has 1 N–H and O–H groups in total. The second-order valence-corrected chi connectivity index (χ2v) is 12.2. The molecule has 44 heavy (non-hydrogen) atoms. The maximum Gasteiger partial charge on any atom is 0.133 e. The Balaban J connectivity index is 1.38. The lowest BCUT2D eigenvalue weighted by atomic mass is 10.1. The molecule has 0 amide bonds. The van der Waals surface area contributed by atoms with Crippen LogP contribution in [0.25, 0.3) is 38.9 Å². The zero-order valence-electron chi connectivity index (χ0n) is 24.8. The summed E-state index contributed by atoms with van der Waals surface area (Å²) in [5.74, 6) is 1.68. The van der Waals surface area contributed by atoms with E-state index in [4.69, 9.17) is 9.73 Å². The molecule has 7 rings (SSSR count). The first-order valence-corrected chi connectivity index (χ1v) is 15.5. The molecule has 3 aliphatic rings. The molecule has 0 saturated heterocycles. The van der Waals surface area contributed by atoms with Crippen LogP contribution < -0.4 is 15.1 Å². The van der Waals surface area contributed by atoms with Gasteiger partial charge in [-0.3, -0.25) is 4.99 Å². The smallest absolute Gasteiger partial charge is 0.133 e. The van der Waals surface area contributed by atoms with Gasteiger partial charge in [-0.05, 0) is 66.6 Å². The lowest BCUT2D eigenvalue weighted by Crippen LogP contribution is -2.33. The van der Waals surface area contributed by atoms with E-state index in [1.54, 1.807) is 6.26 Å². The average Bonchev–Trinajstić information content (AvgIpc) is 3.67. The van der Waals surface area contributed by atoms with E-state index in [1.807, 2.05) is 47.8 Å². The lowest BCUT2D eigenvalue weighted by molar-refractivity contribution is 0.437. The number of fused-ring (bicyclic) bond motifs is 3. The van der Waals surface area contributed by atoms with Gasteiger partial charge >= 0.3 is 0 Å². The van der Waals surface area contributed by atoms with E-state index in [-0.39, 0.29) is 12.1 Å². The number of amidine groups is 1. The Kier molecular flexibility index (Phi) is 7.24. The van der Waals surface area contributed by atoms with Gasteiger partial charge in [0, 0.05) is 54.6 Å². The number of aryl methyl sites for hydroxylation is 1. The Hall–Kier alpha value is -5.13. The van der Waals surface area contributed by atoms with Gasteiger partial charge in [-0.1, -0.05) is 80.0 Å². The fourth-order valence-corrected chi connectivity index (χ4v) is 6.97. The molecule has 5 heteroatoms. The Bertz CT molecular complexity index is 2190. The van der Waals surface area contributed by atoms with Gasteiger partial charge in [-0.25, -0.2) is 0 Å². The van der Waals surface area contributed by atoms with Crippen molar-refractivity contribution in [1.29, 1.82) is 0 Å². The van der Waals surface area contributed by atoms with E-state index in [9.17, 15) is 0 Å². The Morgan fingerprint density at radius 1 is 0.932 bits per heavy atom. The van der Waals surface area contributed by atoms with Gasteiger partial charge in [-0.15, -0.1) is 11.3 Å². The molecule has 2 aromatic heterocycles. The molecule has 216 valence electrons. The van der Waals surface area contributed by atoms with Crippen molar-refractivity contribution < 1.29 is 4.74 Å². The zero-order chi connectivity index (χ0) is 30.2. The van der Waals surface area contributed by atoms with Crippen molar-refractivity contribution in [2.24, 2.45) is 12.0 Å². The largest absolute Gasteiger partial charge is 0.464 e. The lowest BCUT2D eigenvalue weighted by Gasteiger charge is -2.13. The van der Waals surface area contributed by atoms with Gasteiger partial charge in [0.25, 0.3) is 0 Å². The topological polar surface area (TPSA) is 38.5 Å². The number of nitrogens with zero attached hydrogens (tertiary/aromatic N) is 2. The van der Waals surface area contributed by atoms with Crippen LogP contribution in [0.5, 0.6) is 0 Å². The van der Waals surface area contributed by atoms with Crippen LogP contribution in [0.1, 0.15) is 16.8 Å². The minimum absolute atomic E-state index is 0.141. The highest BCUT2D eigenvalue weighted by molar-refractivity contribution is 7.17. The van der Waals surface area contributed by atoms with Gasteiger partial charge in [0.1, 0.15) is 11.6 Å². The highest BCUT2D eigenvalue weighted by Crippen LogP contribution is 2.30. The number of allylic oxidation sites excluding steroid dienone is 10. The highest BCUT2D eigenvalue weighted by atomic mass is 32.1. The van der Waals surface area contributed by atoms with E-state index in [1.165, 1.54) is 42.0 Å². The van der Waals surface area contributed by atoms with Gasteiger partial charge in [0.15, 0.2) is 0 Å². The predicted molar refractivity (Wildman–Crippen MR) is 188 cm³/mol. The van der Waals surface area contributed by atoms with Crippen molar-refractivity contribution in [1.82, 2.24) is 9.88 Å². The number of rotatable bonds is 3. The van der Waals surface area contributed by atoms with Crippen LogP contribution in [0.15, 0.2) is 139 Å². The zero-order valence-corrected chi connectivity index (χ0v) is 25.6. The third kappa shape index (κ3) is 5.16. The van der Waals surface area contributed by atoms with Crippen LogP contribution in [0.2, 0.25) is 0 Å². The molecule has 0 saturated carbocycles. The Morgan fingerprint density at radius 3 is 2.61 bits per heavy atom. The molecule has 0 fully saturated rings. The molecular weight excluding hydrogens is 559 g/mol. The number of aliphatic imine (C=N–C) groups is 1. The first-order chi connectivity index (χ1) is 21.5. The maximum atomic E-state index is 6.12. The van der Waals surface area contributed by atoms with E-state index in [0.717, 1.165) is 28.3 Å². The molecule has 2 aliphatic heterocycles. The summed E-state index contributed by atoms with van der Waals surface area (Å²) in [4.78, 5) is 4.97. The molecule has 0 radical (unpaired) electrons. The minimum atomic E-state index is 0.141. The monoisotopic (exact) mass is 591 g/mol. The molecule has 4 nitrogen and oxygen atoms in total. The van der Waals surface area contributed by atoms with Gasteiger partial charge in [0.05, 0.1) is 18.3 Å². The normalized spacial score (nSPS) is 24.0. The van der Waals surface area contributed by atoms with Crippen LogP contribution in [-0.4, -0.2) is 22.5 Å². The average molecular weight is 592 g/mol. The number of hydrogen-bond acceptors (Lipinski definition) is 4. The van der Waals surface area contributed by atoms with Crippen LogP contribution in [-0.2, 0) is 11.8 Å². The maximum absolute atomic E-state index is 6.12. The first-order valence-electron chi connectivity index (χ1n) is 14.7.